The fourth-order valence-corrected chi connectivity index (χ4v) is 5.06. The molecule has 2 atom stereocenters. The van der Waals surface area contributed by atoms with Crippen LogP contribution < -0.4 is 0 Å². The number of hydrogen-bond donors (Lipinski definition) is 1. The van der Waals surface area contributed by atoms with Gasteiger partial charge in [0.15, 0.2) is 0 Å². The second-order valence-electron chi connectivity index (χ2n) is 9.67. The topological polar surface area (TPSA) is 67.5 Å². The number of aromatic nitrogens is 2. The van der Waals surface area contributed by atoms with Gasteiger partial charge in [0.25, 0.3) is 0 Å². The number of ether oxygens (including phenoxy) is 2. The summed E-state index contributed by atoms with van der Waals surface area (Å²) < 4.78 is 89.9. The lowest BCUT2D eigenvalue weighted by Crippen LogP contribution is -2.49. The first kappa shape index (κ1) is 16.9. The van der Waals surface area contributed by atoms with Crippen molar-refractivity contribution in [1.82, 2.24) is 14.9 Å². The Hall–Kier alpha value is -2.70. The van der Waals surface area contributed by atoms with Crippen LogP contribution in [0, 0.1) is 12.8 Å². The predicted octanol–water partition coefficient (Wildman–Crippen LogP) is 5.44. The molecule has 0 fully saturated rings. The highest BCUT2D eigenvalue weighted by Crippen LogP contribution is 2.48. The number of nitrogens with one attached hydrogen (secondary N) is 1. The van der Waals surface area contributed by atoms with Gasteiger partial charge in [-0.05, 0) is 68.8 Å². The van der Waals surface area contributed by atoms with Crippen molar-refractivity contribution in [2.75, 3.05) is 33.7 Å². The Labute approximate surface area is 228 Å². The molecule has 3 aromatic rings. The van der Waals surface area contributed by atoms with Crippen molar-refractivity contribution in [1.29, 1.82) is 0 Å². The van der Waals surface area contributed by atoms with E-state index in [4.69, 9.17) is 19.1 Å². The number of imidazole rings is 1. The minimum atomic E-state index is -3.26. The van der Waals surface area contributed by atoms with E-state index in [0.717, 1.165) is 11.1 Å². The molecule has 1 aromatic heterocycles. The van der Waals surface area contributed by atoms with Gasteiger partial charge in [-0.1, -0.05) is 49.7 Å². The maximum Gasteiger partial charge on any atom is 0.332 e. The van der Waals surface area contributed by atoms with E-state index in [1.165, 1.54) is 7.11 Å². The zero-order valence-electron chi connectivity index (χ0n) is 30.4. The lowest BCUT2D eigenvalue weighted by atomic mass is 9.65. The molecule has 1 N–H and O–H groups in total. The van der Waals surface area contributed by atoms with Gasteiger partial charge in [-0.2, -0.15) is 0 Å². The Morgan fingerprint density at radius 2 is 2.17 bits per heavy atom. The van der Waals surface area contributed by atoms with Gasteiger partial charge in [-0.3, -0.25) is 0 Å². The third kappa shape index (κ3) is 5.98. The minimum Gasteiger partial charge on any atom is -0.457 e. The van der Waals surface area contributed by atoms with E-state index < -0.39 is 69.7 Å². The van der Waals surface area contributed by atoms with E-state index >= 15 is 0 Å². The van der Waals surface area contributed by atoms with Crippen LogP contribution in [0.2, 0.25) is 0 Å². The molecular weight excluding hydrogens is 450 g/mol. The molecule has 36 heavy (non-hydrogen) atoms. The summed E-state index contributed by atoms with van der Waals surface area (Å²) in [5.74, 6) is -1.49. The lowest BCUT2D eigenvalue weighted by molar-refractivity contribution is -0.172. The number of carbonyl (C=O) groups is 1. The van der Waals surface area contributed by atoms with E-state index in [-0.39, 0.29) is 17.2 Å². The summed E-state index contributed by atoms with van der Waals surface area (Å²) in [7, 11) is 1.29. The quantitative estimate of drug-likeness (QED) is 0.355. The molecule has 0 amide bonds. The number of rotatable bonds is 11. The molecule has 1 heterocycles. The van der Waals surface area contributed by atoms with Gasteiger partial charge in [-0.25, -0.2) is 9.78 Å². The molecule has 0 radical (unpaired) electrons. The van der Waals surface area contributed by atoms with Crippen molar-refractivity contribution in [2.45, 2.75) is 64.3 Å². The largest absolute Gasteiger partial charge is 0.457 e. The highest BCUT2D eigenvalue weighted by Gasteiger charge is 2.47. The molecule has 0 aliphatic heterocycles. The number of aryl methyl sites for hydroxylation is 3. The summed E-state index contributed by atoms with van der Waals surface area (Å²) in [6, 6.07) is 12.5. The van der Waals surface area contributed by atoms with Crippen LogP contribution in [-0.2, 0) is 27.1 Å². The molecule has 0 spiro atoms. The third-order valence-electron chi connectivity index (χ3n) is 6.54. The standard InChI is InChI=1S/C30H41N3O3/c1-21(2)29-24-13-12-22(3)19-23(24)14-15-30(29,36-28(34)20-35-5)16-18-33(4)17-8-11-27-31-25-9-6-7-10-26(25)32-27/h6-7,9-10,12-13,19,21,29H,8,11,14-18,20H2,1-5H3,(H,31,32)/t29-,30-/m0/s1/i4D3,14D2,17D2,18D2. The minimum absolute atomic E-state index is 0.0117. The average Bonchev–Trinajstić information content (AvgIpc) is 3.29. The first-order chi connectivity index (χ1) is 20.7. The van der Waals surface area contributed by atoms with E-state index in [1.807, 2.05) is 39.0 Å². The van der Waals surface area contributed by atoms with Gasteiger partial charge >= 0.3 is 5.97 Å². The van der Waals surface area contributed by atoms with Crippen molar-refractivity contribution in [3.63, 3.8) is 0 Å². The smallest absolute Gasteiger partial charge is 0.332 e. The number of nitrogens with zero attached hydrogens (tertiary/aromatic N) is 2. The summed E-state index contributed by atoms with van der Waals surface area (Å²) in [5.41, 5.74) is 1.26. The summed E-state index contributed by atoms with van der Waals surface area (Å²) in [6.07, 6.45) is -3.79. The number of fused-ring (bicyclic) bond motifs is 2. The molecule has 1 aliphatic rings. The summed E-state index contributed by atoms with van der Waals surface area (Å²) in [5, 5.41) is 0. The van der Waals surface area contributed by atoms with Gasteiger partial charge in [0.05, 0.1) is 11.0 Å². The summed E-state index contributed by atoms with van der Waals surface area (Å²) in [6.45, 7) is -3.88. The highest BCUT2D eigenvalue weighted by atomic mass is 16.6. The molecule has 194 valence electrons. The Bertz CT molecular complexity index is 1490. The fourth-order valence-electron chi connectivity index (χ4n) is 5.06. The average molecular weight is 501 g/mol. The van der Waals surface area contributed by atoms with Crippen LogP contribution in [0.15, 0.2) is 42.5 Å². The number of methoxy groups -OCH3 is 1. The van der Waals surface area contributed by atoms with Crippen LogP contribution in [0.1, 0.15) is 73.9 Å². The summed E-state index contributed by atoms with van der Waals surface area (Å²) in [4.78, 5) is 20.8. The maximum atomic E-state index is 13.0. The van der Waals surface area contributed by atoms with Crippen LogP contribution >= 0.6 is 0 Å². The van der Waals surface area contributed by atoms with Crippen LogP contribution in [0.5, 0.6) is 0 Å². The second kappa shape index (κ2) is 11.6. The van der Waals surface area contributed by atoms with Crippen molar-refractivity contribution < 1.29 is 26.6 Å². The Kier molecular flexibility index (Phi) is 5.44. The van der Waals surface area contributed by atoms with E-state index in [9.17, 15) is 7.54 Å². The SMILES string of the molecule is [2H]C1([2H])C[C@@](CC([2H])([2H])N(C([2H])([2H])[2H])C([2H])([2H])CCc2nc3ccccc3[nH]2)(OC(=O)COC)[C@@H](C(C)C)c2ccc(C)cc21. The highest BCUT2D eigenvalue weighted by molar-refractivity contribution is 5.74. The van der Waals surface area contributed by atoms with Gasteiger partial charge in [0.2, 0.25) is 0 Å². The normalized spacial score (nSPS) is 25.9. The molecule has 4 rings (SSSR count). The molecular formula is C30H41N3O3. The van der Waals surface area contributed by atoms with Crippen molar-refractivity contribution >= 4 is 17.0 Å². The zero-order chi connectivity index (χ0) is 33.6. The molecule has 0 saturated carbocycles. The number of benzene rings is 2. The van der Waals surface area contributed by atoms with E-state index in [1.54, 1.807) is 24.3 Å². The first-order valence-corrected chi connectivity index (χ1v) is 12.3. The third-order valence-corrected chi connectivity index (χ3v) is 6.54. The number of esters is 1. The van der Waals surface area contributed by atoms with E-state index in [0.29, 0.717) is 22.5 Å². The van der Waals surface area contributed by atoms with Crippen LogP contribution in [0.25, 0.3) is 11.0 Å². The van der Waals surface area contributed by atoms with Crippen molar-refractivity contribution in [3.8, 4) is 0 Å². The number of aromatic amines is 1. The van der Waals surface area contributed by atoms with Crippen LogP contribution in [-0.4, -0.2) is 60.1 Å². The molecule has 6 heteroatoms. The number of H-pyrrole nitrogens is 1. The fraction of sp³-hybridized carbons (Fsp3) is 0.533. The molecule has 1 aliphatic carbocycles. The van der Waals surface area contributed by atoms with Crippen molar-refractivity contribution in [3.05, 3.63) is 65.0 Å². The number of hydrogen-bond acceptors (Lipinski definition) is 5. The molecule has 0 saturated heterocycles. The van der Waals surface area contributed by atoms with Gasteiger partial charge in [0.1, 0.15) is 18.0 Å². The van der Waals surface area contributed by atoms with E-state index in [2.05, 4.69) is 9.97 Å². The number of carbonyl (C=O) groups excluding carboxylic acids is 1. The van der Waals surface area contributed by atoms with Gasteiger partial charge in [-0.15, -0.1) is 0 Å². The van der Waals surface area contributed by atoms with Crippen LogP contribution in [0.4, 0.5) is 0 Å². The number of para-hydroxylation sites is 2. The first-order valence-electron chi connectivity index (χ1n) is 16.8. The zero-order valence-corrected chi connectivity index (χ0v) is 21.4. The Balaban J connectivity index is 1.78. The van der Waals surface area contributed by atoms with Crippen LogP contribution in [0.3, 0.4) is 0 Å². The maximum absolute atomic E-state index is 13.0. The Morgan fingerprint density at radius 1 is 1.33 bits per heavy atom. The van der Waals surface area contributed by atoms with Gasteiger partial charge < -0.3 is 19.4 Å². The van der Waals surface area contributed by atoms with Crippen molar-refractivity contribution in [2.24, 2.45) is 5.92 Å². The molecule has 6 nitrogen and oxygen atoms in total. The monoisotopic (exact) mass is 500 g/mol. The van der Waals surface area contributed by atoms with Gasteiger partial charge in [0, 0.05) is 44.7 Å². The molecule has 2 aromatic carbocycles. The predicted molar refractivity (Wildman–Crippen MR) is 144 cm³/mol. The Morgan fingerprint density at radius 3 is 2.92 bits per heavy atom. The molecule has 0 unspecified atom stereocenters. The lowest BCUT2D eigenvalue weighted by Gasteiger charge is -2.47. The summed E-state index contributed by atoms with van der Waals surface area (Å²) >= 11 is 0. The second-order valence-corrected chi connectivity index (χ2v) is 9.67. The molecule has 0 bridgehead atoms.